The number of nitrogens with one attached hydrogen (secondary N) is 1. The Morgan fingerprint density at radius 1 is 1.28 bits per heavy atom. The lowest BCUT2D eigenvalue weighted by Gasteiger charge is -2.39. The van der Waals surface area contributed by atoms with Crippen molar-refractivity contribution in [1.82, 2.24) is 29.3 Å². The van der Waals surface area contributed by atoms with Gasteiger partial charge in [0, 0.05) is 44.4 Å². The van der Waals surface area contributed by atoms with Crippen molar-refractivity contribution in [3.63, 3.8) is 0 Å². The van der Waals surface area contributed by atoms with Crippen LogP contribution in [0.3, 0.4) is 0 Å². The first-order valence-corrected chi connectivity index (χ1v) is 10.9. The van der Waals surface area contributed by atoms with Gasteiger partial charge in [0.2, 0.25) is 0 Å². The Morgan fingerprint density at radius 2 is 2.12 bits per heavy atom. The van der Waals surface area contributed by atoms with E-state index in [1.807, 2.05) is 31.7 Å². The molecule has 0 saturated carbocycles. The Kier molecular flexibility index (Phi) is 8.27. The van der Waals surface area contributed by atoms with E-state index in [1.54, 1.807) is 29.1 Å². The average molecular weight is 551 g/mol. The molecule has 0 aliphatic carbocycles. The van der Waals surface area contributed by atoms with E-state index < -0.39 is 0 Å². The van der Waals surface area contributed by atoms with Crippen molar-refractivity contribution < 1.29 is 4.39 Å². The molecule has 0 bridgehead atoms. The van der Waals surface area contributed by atoms with Crippen LogP contribution in [-0.2, 0) is 6.54 Å². The van der Waals surface area contributed by atoms with Crippen molar-refractivity contribution >= 4 is 29.9 Å². The van der Waals surface area contributed by atoms with Crippen LogP contribution in [0.15, 0.2) is 54.3 Å². The fourth-order valence-electron chi connectivity index (χ4n) is 4.16. The third-order valence-electron chi connectivity index (χ3n) is 5.97. The zero-order valence-electron chi connectivity index (χ0n) is 18.8. The first-order valence-electron chi connectivity index (χ1n) is 10.9. The quantitative estimate of drug-likeness (QED) is 0.294. The molecule has 1 aliphatic rings. The molecule has 0 spiro atoms. The van der Waals surface area contributed by atoms with Gasteiger partial charge in [-0.2, -0.15) is 0 Å². The number of guanidine groups is 1. The standard InChI is InChI=1S/C23H30FN7.HI/c1-4-26-23(29-10-7-17(2)22(15-29)30-11-8-25-16-30)28-14-19-5-6-21(20(24)13-19)31-12-9-27-18(31)3;/h5-6,8-9,11-13,16-17,22H,4,7,10,14-15H2,1-3H3,(H,26,28);1H. The summed E-state index contributed by atoms with van der Waals surface area (Å²) in [5, 5.41) is 3.40. The number of rotatable bonds is 5. The Labute approximate surface area is 205 Å². The van der Waals surface area contributed by atoms with Crippen molar-refractivity contribution in [1.29, 1.82) is 0 Å². The number of aryl methyl sites for hydroxylation is 1. The van der Waals surface area contributed by atoms with Crippen molar-refractivity contribution in [3.8, 4) is 5.69 Å². The van der Waals surface area contributed by atoms with Gasteiger partial charge >= 0.3 is 0 Å². The number of hydrogen-bond acceptors (Lipinski definition) is 3. The van der Waals surface area contributed by atoms with E-state index in [2.05, 4.69) is 38.6 Å². The summed E-state index contributed by atoms with van der Waals surface area (Å²) in [5.41, 5.74) is 1.34. The molecule has 4 rings (SSSR count). The molecule has 1 aliphatic heterocycles. The van der Waals surface area contributed by atoms with E-state index in [4.69, 9.17) is 4.99 Å². The van der Waals surface area contributed by atoms with E-state index >= 15 is 0 Å². The van der Waals surface area contributed by atoms with Crippen molar-refractivity contribution in [3.05, 3.63) is 66.5 Å². The summed E-state index contributed by atoms with van der Waals surface area (Å²) in [5.74, 6) is 1.92. The van der Waals surface area contributed by atoms with E-state index in [1.165, 1.54) is 0 Å². The van der Waals surface area contributed by atoms with Gasteiger partial charge in [-0.3, -0.25) is 0 Å². The smallest absolute Gasteiger partial charge is 0.194 e. The number of hydrogen-bond donors (Lipinski definition) is 1. The monoisotopic (exact) mass is 551 g/mol. The van der Waals surface area contributed by atoms with Crippen LogP contribution in [-0.4, -0.2) is 49.6 Å². The summed E-state index contributed by atoms with van der Waals surface area (Å²) in [6.45, 7) is 9.24. The average Bonchev–Trinajstić information content (AvgIpc) is 3.44. The molecule has 2 unspecified atom stereocenters. The van der Waals surface area contributed by atoms with Crippen LogP contribution in [0.5, 0.6) is 0 Å². The molecule has 172 valence electrons. The topological polar surface area (TPSA) is 63.3 Å². The predicted octanol–water partition coefficient (Wildman–Crippen LogP) is 4.18. The van der Waals surface area contributed by atoms with Crippen LogP contribution in [0.2, 0.25) is 0 Å². The summed E-state index contributed by atoms with van der Waals surface area (Å²) >= 11 is 0. The minimum Gasteiger partial charge on any atom is -0.357 e. The van der Waals surface area contributed by atoms with Crippen molar-refractivity contribution in [2.45, 2.75) is 39.8 Å². The maximum absolute atomic E-state index is 14.7. The van der Waals surface area contributed by atoms with E-state index in [-0.39, 0.29) is 29.8 Å². The second-order valence-electron chi connectivity index (χ2n) is 8.09. The highest BCUT2D eigenvalue weighted by molar-refractivity contribution is 14.0. The maximum atomic E-state index is 14.7. The number of halogens is 2. The minimum absolute atomic E-state index is 0. The molecule has 7 nitrogen and oxygen atoms in total. The third-order valence-corrected chi connectivity index (χ3v) is 5.97. The second-order valence-corrected chi connectivity index (χ2v) is 8.09. The molecule has 0 amide bonds. The summed E-state index contributed by atoms with van der Waals surface area (Å²) in [4.78, 5) is 15.5. The van der Waals surface area contributed by atoms with Gasteiger partial charge in [-0.25, -0.2) is 19.4 Å². The highest BCUT2D eigenvalue weighted by atomic mass is 127. The van der Waals surface area contributed by atoms with Crippen LogP contribution >= 0.6 is 24.0 Å². The lowest BCUT2D eigenvalue weighted by atomic mass is 9.93. The number of likely N-dealkylation sites (tertiary alicyclic amines) is 1. The van der Waals surface area contributed by atoms with E-state index in [0.717, 1.165) is 43.4 Å². The number of imidazole rings is 2. The second kappa shape index (κ2) is 10.9. The van der Waals surface area contributed by atoms with Gasteiger partial charge in [0.1, 0.15) is 11.6 Å². The number of aromatic nitrogens is 4. The first kappa shape index (κ1) is 24.2. The van der Waals surface area contributed by atoms with Gasteiger partial charge in [0.15, 0.2) is 5.96 Å². The molecular weight excluding hydrogens is 520 g/mol. The summed E-state index contributed by atoms with van der Waals surface area (Å²) in [6, 6.07) is 5.64. The van der Waals surface area contributed by atoms with Crippen molar-refractivity contribution in [2.24, 2.45) is 10.9 Å². The normalized spacial score (nSPS) is 19.0. The summed E-state index contributed by atoms with van der Waals surface area (Å²) < 4.78 is 18.7. The lowest BCUT2D eigenvalue weighted by molar-refractivity contribution is 0.189. The predicted molar refractivity (Wildman–Crippen MR) is 135 cm³/mol. The van der Waals surface area contributed by atoms with Crippen LogP contribution in [0.25, 0.3) is 5.69 Å². The summed E-state index contributed by atoms with van der Waals surface area (Å²) in [6.07, 6.45) is 10.3. The fraction of sp³-hybridized carbons (Fsp3) is 0.435. The molecule has 2 aromatic heterocycles. The summed E-state index contributed by atoms with van der Waals surface area (Å²) in [7, 11) is 0. The SMILES string of the molecule is CCNC(=NCc1ccc(-n2ccnc2C)c(F)c1)N1CCC(C)C(n2ccnc2)C1.I. The third kappa shape index (κ3) is 5.31. The molecule has 1 aromatic carbocycles. The molecule has 0 radical (unpaired) electrons. The molecular formula is C23H31FIN7. The molecule has 32 heavy (non-hydrogen) atoms. The number of aliphatic imine (C=N–C) groups is 1. The largest absolute Gasteiger partial charge is 0.357 e. The van der Waals surface area contributed by atoms with Crippen molar-refractivity contribution in [2.75, 3.05) is 19.6 Å². The fourth-order valence-corrected chi connectivity index (χ4v) is 4.16. The highest BCUT2D eigenvalue weighted by Crippen LogP contribution is 2.27. The Morgan fingerprint density at radius 3 is 2.78 bits per heavy atom. The van der Waals surface area contributed by atoms with Crippen LogP contribution in [0.4, 0.5) is 4.39 Å². The Balaban J connectivity index is 0.00000289. The molecule has 3 heterocycles. The number of benzene rings is 1. The van der Waals surface area contributed by atoms with Crippen LogP contribution < -0.4 is 5.32 Å². The maximum Gasteiger partial charge on any atom is 0.194 e. The van der Waals surface area contributed by atoms with E-state index in [0.29, 0.717) is 24.2 Å². The number of nitrogens with zero attached hydrogens (tertiary/aromatic N) is 6. The minimum atomic E-state index is -0.272. The highest BCUT2D eigenvalue weighted by Gasteiger charge is 2.28. The van der Waals surface area contributed by atoms with Gasteiger partial charge < -0.3 is 19.4 Å². The molecule has 1 saturated heterocycles. The zero-order chi connectivity index (χ0) is 21.8. The number of piperidine rings is 1. The Hall–Kier alpha value is -2.43. The van der Waals surface area contributed by atoms with Crippen LogP contribution in [0.1, 0.15) is 37.7 Å². The van der Waals surface area contributed by atoms with E-state index in [9.17, 15) is 4.39 Å². The molecule has 1 fully saturated rings. The van der Waals surface area contributed by atoms with Gasteiger partial charge in [-0.15, -0.1) is 24.0 Å². The first-order chi connectivity index (χ1) is 15.1. The lowest BCUT2D eigenvalue weighted by Crippen LogP contribution is -2.49. The van der Waals surface area contributed by atoms with Gasteiger partial charge in [-0.1, -0.05) is 13.0 Å². The Bertz CT molecular complexity index is 1030. The van der Waals surface area contributed by atoms with Gasteiger partial charge in [0.05, 0.1) is 24.6 Å². The molecule has 9 heteroatoms. The van der Waals surface area contributed by atoms with Crippen LogP contribution in [0, 0.1) is 18.7 Å². The van der Waals surface area contributed by atoms with Gasteiger partial charge in [0.25, 0.3) is 0 Å². The van der Waals surface area contributed by atoms with Gasteiger partial charge in [-0.05, 0) is 43.9 Å². The molecule has 1 N–H and O–H groups in total. The molecule has 2 atom stereocenters. The zero-order valence-corrected chi connectivity index (χ0v) is 21.1. The molecule has 3 aromatic rings.